The van der Waals surface area contributed by atoms with Crippen LogP contribution in [0.4, 0.5) is 0 Å². The topological polar surface area (TPSA) is 26.0 Å². The van der Waals surface area contributed by atoms with Crippen molar-refractivity contribution in [3.63, 3.8) is 0 Å². The fraction of sp³-hybridized carbons (Fsp3) is 0.250. The summed E-state index contributed by atoms with van der Waals surface area (Å²) in [5, 5.41) is 0. The Balaban J connectivity index is 2.93. The molecule has 1 aromatic rings. The minimum absolute atomic E-state index is 0.0766. The van der Waals surface area contributed by atoms with Crippen LogP contribution in [0.1, 0.15) is 11.6 Å². The first-order chi connectivity index (χ1) is 5.25. The summed E-state index contributed by atoms with van der Waals surface area (Å²) in [7, 11) is 0. The molecule has 0 bridgehead atoms. The molecular weight excluding hydrogens is 225 g/mol. The van der Waals surface area contributed by atoms with E-state index in [1.165, 1.54) is 0 Å². The molecule has 3 heteroatoms. The first kappa shape index (κ1) is 9.04. The number of benzene rings is 1. The molecule has 0 aliphatic carbocycles. The maximum atomic E-state index is 5.73. The average Bonchev–Trinajstić information content (AvgIpc) is 2.04. The van der Waals surface area contributed by atoms with E-state index in [-0.39, 0.29) is 6.04 Å². The summed E-state index contributed by atoms with van der Waals surface area (Å²) in [6.45, 7) is 0. The molecule has 1 unspecified atom stereocenters. The molecule has 60 valence electrons. The molecule has 0 aromatic heterocycles. The van der Waals surface area contributed by atoms with E-state index in [1.54, 1.807) is 0 Å². The molecule has 1 nitrogen and oxygen atoms in total. The Hall–Kier alpha value is -0.0500. The van der Waals surface area contributed by atoms with Crippen molar-refractivity contribution >= 4 is 27.5 Å². The minimum atomic E-state index is -0.0766. The highest BCUT2D eigenvalue weighted by Crippen LogP contribution is 2.21. The van der Waals surface area contributed by atoms with Gasteiger partial charge in [-0.05, 0) is 11.6 Å². The van der Waals surface area contributed by atoms with Gasteiger partial charge in [-0.25, -0.2) is 0 Å². The monoisotopic (exact) mass is 233 g/mol. The normalized spacial score (nSPS) is 13.0. The van der Waals surface area contributed by atoms with Gasteiger partial charge in [0.1, 0.15) is 0 Å². The van der Waals surface area contributed by atoms with Gasteiger partial charge in [0.25, 0.3) is 0 Å². The SMILES string of the molecule is NC(CCl)c1ccccc1Br. The van der Waals surface area contributed by atoms with Crippen LogP contribution in [-0.4, -0.2) is 5.88 Å². The lowest BCUT2D eigenvalue weighted by Gasteiger charge is -2.09. The second-order valence-corrected chi connectivity index (χ2v) is 3.45. The smallest absolute Gasteiger partial charge is 0.0443 e. The number of hydrogen-bond acceptors (Lipinski definition) is 1. The quantitative estimate of drug-likeness (QED) is 0.783. The third-order valence-corrected chi connectivity index (χ3v) is 2.53. The van der Waals surface area contributed by atoms with E-state index in [0.29, 0.717) is 5.88 Å². The van der Waals surface area contributed by atoms with Crippen LogP contribution in [-0.2, 0) is 0 Å². The van der Waals surface area contributed by atoms with E-state index in [1.807, 2.05) is 24.3 Å². The summed E-state index contributed by atoms with van der Waals surface area (Å²) in [4.78, 5) is 0. The first-order valence-corrected chi connectivity index (χ1v) is 4.64. The van der Waals surface area contributed by atoms with Gasteiger partial charge in [-0.2, -0.15) is 0 Å². The van der Waals surface area contributed by atoms with Gasteiger partial charge in [-0.1, -0.05) is 34.1 Å². The van der Waals surface area contributed by atoms with Gasteiger partial charge in [0.2, 0.25) is 0 Å². The fourth-order valence-corrected chi connectivity index (χ4v) is 1.60. The number of alkyl halides is 1. The molecule has 11 heavy (non-hydrogen) atoms. The standard InChI is InChI=1S/C8H9BrClN/c9-7-4-2-1-3-6(7)8(11)5-10/h1-4,8H,5,11H2. The molecule has 2 N–H and O–H groups in total. The van der Waals surface area contributed by atoms with Crippen molar-refractivity contribution in [2.45, 2.75) is 6.04 Å². The van der Waals surface area contributed by atoms with Crippen molar-refractivity contribution in [3.05, 3.63) is 34.3 Å². The number of hydrogen-bond donors (Lipinski definition) is 1. The van der Waals surface area contributed by atoms with Gasteiger partial charge in [0, 0.05) is 16.4 Å². The van der Waals surface area contributed by atoms with Crippen molar-refractivity contribution in [2.75, 3.05) is 5.88 Å². The molecule has 1 aromatic carbocycles. The van der Waals surface area contributed by atoms with Gasteiger partial charge in [-0.3, -0.25) is 0 Å². The molecule has 0 spiro atoms. The summed E-state index contributed by atoms with van der Waals surface area (Å²) in [5.74, 6) is 0.447. The molecule has 0 radical (unpaired) electrons. The van der Waals surface area contributed by atoms with Gasteiger partial charge >= 0.3 is 0 Å². The van der Waals surface area contributed by atoms with Crippen LogP contribution < -0.4 is 5.73 Å². The zero-order valence-corrected chi connectivity index (χ0v) is 8.27. The lowest BCUT2D eigenvalue weighted by Crippen LogP contribution is -2.11. The van der Waals surface area contributed by atoms with Crippen molar-refractivity contribution in [1.29, 1.82) is 0 Å². The van der Waals surface area contributed by atoms with Crippen molar-refractivity contribution in [3.8, 4) is 0 Å². The van der Waals surface area contributed by atoms with Crippen LogP contribution in [0.3, 0.4) is 0 Å². The molecule has 0 amide bonds. The maximum absolute atomic E-state index is 5.73. The van der Waals surface area contributed by atoms with Gasteiger partial charge in [0.05, 0.1) is 0 Å². The Morgan fingerprint density at radius 2 is 2.09 bits per heavy atom. The first-order valence-electron chi connectivity index (χ1n) is 3.31. The fourth-order valence-electron chi connectivity index (χ4n) is 0.859. The van der Waals surface area contributed by atoms with E-state index < -0.39 is 0 Å². The molecule has 0 saturated heterocycles. The maximum Gasteiger partial charge on any atom is 0.0443 e. The van der Waals surface area contributed by atoms with E-state index in [4.69, 9.17) is 17.3 Å². The van der Waals surface area contributed by atoms with Gasteiger partial charge in [0.15, 0.2) is 0 Å². The largest absolute Gasteiger partial charge is 0.323 e. The van der Waals surface area contributed by atoms with Crippen LogP contribution in [0.2, 0.25) is 0 Å². The number of halogens is 2. The highest BCUT2D eigenvalue weighted by atomic mass is 79.9. The second-order valence-electron chi connectivity index (χ2n) is 2.28. The molecule has 1 rings (SSSR count). The summed E-state index contributed by atoms with van der Waals surface area (Å²) >= 11 is 9.01. The van der Waals surface area contributed by atoms with Gasteiger partial charge < -0.3 is 5.73 Å². The predicted octanol–water partition coefficient (Wildman–Crippen LogP) is 2.69. The minimum Gasteiger partial charge on any atom is -0.323 e. The average molecular weight is 235 g/mol. The second kappa shape index (κ2) is 4.10. The predicted molar refractivity (Wildman–Crippen MR) is 51.8 cm³/mol. The highest BCUT2D eigenvalue weighted by molar-refractivity contribution is 9.10. The molecule has 0 aliphatic rings. The Morgan fingerprint density at radius 3 is 2.64 bits per heavy atom. The molecule has 0 saturated carbocycles. The molecule has 0 fully saturated rings. The molecule has 1 atom stereocenters. The number of nitrogens with two attached hydrogens (primary N) is 1. The van der Waals surface area contributed by atoms with Crippen LogP contribution in [0.15, 0.2) is 28.7 Å². The summed E-state index contributed by atoms with van der Waals surface area (Å²) in [6, 6.07) is 7.76. The Bertz CT molecular complexity index is 239. The van der Waals surface area contributed by atoms with Crippen LogP contribution in [0, 0.1) is 0 Å². The lowest BCUT2D eigenvalue weighted by atomic mass is 10.1. The summed E-state index contributed by atoms with van der Waals surface area (Å²) < 4.78 is 1.02. The van der Waals surface area contributed by atoms with Crippen LogP contribution >= 0.6 is 27.5 Å². The van der Waals surface area contributed by atoms with E-state index in [9.17, 15) is 0 Å². The van der Waals surface area contributed by atoms with Crippen LogP contribution in [0.5, 0.6) is 0 Å². The summed E-state index contributed by atoms with van der Waals surface area (Å²) in [6.07, 6.45) is 0. The van der Waals surface area contributed by atoms with E-state index >= 15 is 0 Å². The van der Waals surface area contributed by atoms with Crippen molar-refractivity contribution in [2.24, 2.45) is 5.73 Å². The zero-order valence-electron chi connectivity index (χ0n) is 5.93. The third kappa shape index (κ3) is 2.19. The van der Waals surface area contributed by atoms with Crippen molar-refractivity contribution in [1.82, 2.24) is 0 Å². The molecule has 0 aliphatic heterocycles. The number of rotatable bonds is 2. The lowest BCUT2D eigenvalue weighted by molar-refractivity contribution is 0.821. The third-order valence-electron chi connectivity index (χ3n) is 1.47. The molecule has 0 heterocycles. The Morgan fingerprint density at radius 1 is 1.45 bits per heavy atom. The summed E-state index contributed by atoms with van der Waals surface area (Å²) in [5.41, 5.74) is 6.79. The van der Waals surface area contributed by atoms with Gasteiger partial charge in [-0.15, -0.1) is 11.6 Å². The van der Waals surface area contributed by atoms with Crippen LogP contribution in [0.25, 0.3) is 0 Å². The van der Waals surface area contributed by atoms with Crippen molar-refractivity contribution < 1.29 is 0 Å². The van der Waals surface area contributed by atoms with E-state index in [0.717, 1.165) is 10.0 Å². The van der Waals surface area contributed by atoms with E-state index in [2.05, 4.69) is 15.9 Å². The zero-order chi connectivity index (χ0) is 8.27. The highest BCUT2D eigenvalue weighted by Gasteiger charge is 2.06. The molecular formula is C8H9BrClN. The Kier molecular flexibility index (Phi) is 3.37. The Labute approximate surface area is 79.7 Å².